The number of hydrogen-bond acceptors (Lipinski definition) is 7. The van der Waals surface area contributed by atoms with Crippen LogP contribution in [-0.2, 0) is 31.9 Å². The molecule has 352 valence electrons. The number of ether oxygens (including phenoxy) is 2. The maximum absolute atomic E-state index is 14.4. The smallest absolute Gasteiger partial charge is 0.321 e. The van der Waals surface area contributed by atoms with Gasteiger partial charge in [-0.05, 0) is 117 Å². The van der Waals surface area contributed by atoms with Crippen molar-refractivity contribution in [3.8, 4) is 0 Å². The first-order valence-corrected chi connectivity index (χ1v) is 24.6. The number of aromatic amines is 3. The normalized spacial score (nSPS) is 21.8. The Kier molecular flexibility index (Phi) is 16.6. The summed E-state index contributed by atoms with van der Waals surface area (Å²) in [4.78, 5) is 64.8. The molecule has 0 radical (unpaired) electrons. The maximum Gasteiger partial charge on any atom is 0.321 e. The van der Waals surface area contributed by atoms with Gasteiger partial charge < -0.3 is 29.7 Å². The highest BCUT2D eigenvalue weighted by molar-refractivity contribution is 6.24. The molecule has 5 heterocycles. The predicted octanol–water partition coefficient (Wildman–Crippen LogP) is 10.5. The molecule has 65 heavy (non-hydrogen) atoms. The van der Waals surface area contributed by atoms with Gasteiger partial charge >= 0.3 is 11.9 Å². The average molecular weight is 889 g/mol. The Labute approximate surface area is 387 Å². The van der Waals surface area contributed by atoms with Gasteiger partial charge in [0, 0.05) is 68.8 Å². The minimum atomic E-state index is -1.18. The fourth-order valence-corrected chi connectivity index (χ4v) is 10.6. The Morgan fingerprint density at radius 3 is 2.09 bits per heavy atom. The van der Waals surface area contributed by atoms with Crippen LogP contribution in [0.15, 0.2) is 23.0 Å². The number of hydrogen-bond donors (Lipinski definition) is 4. The van der Waals surface area contributed by atoms with Crippen molar-refractivity contribution in [1.82, 2.24) is 20.3 Å². The van der Waals surface area contributed by atoms with Crippen LogP contribution in [0.4, 0.5) is 0 Å². The molecule has 0 amide bonds. The molecule has 0 spiro atoms. The number of carbonyl (C=O) groups excluding carboxylic acids is 4. The summed E-state index contributed by atoms with van der Waals surface area (Å²) >= 11 is 0. The first-order valence-electron chi connectivity index (χ1n) is 24.6. The first-order chi connectivity index (χ1) is 31.1. The van der Waals surface area contributed by atoms with Crippen LogP contribution in [0, 0.1) is 49.4 Å². The van der Waals surface area contributed by atoms with Crippen LogP contribution in [0.1, 0.15) is 192 Å². The van der Waals surface area contributed by atoms with E-state index in [9.17, 15) is 19.2 Å². The summed E-state index contributed by atoms with van der Waals surface area (Å²) in [5, 5.41) is 5.18. The number of aldehydes is 1. The van der Waals surface area contributed by atoms with Crippen LogP contribution < -0.4 is 16.0 Å². The highest BCUT2D eigenvalue weighted by atomic mass is 16.5. The minimum absolute atomic E-state index is 0.109. The number of fused-ring (bicyclic) bond motifs is 7. The lowest BCUT2D eigenvalue weighted by Crippen LogP contribution is -2.25. The van der Waals surface area contributed by atoms with Gasteiger partial charge in [0.15, 0.2) is 12.1 Å². The van der Waals surface area contributed by atoms with E-state index in [1.54, 1.807) is 0 Å². The average Bonchev–Trinajstić information content (AvgIpc) is 4.02. The van der Waals surface area contributed by atoms with Crippen molar-refractivity contribution in [2.24, 2.45) is 35.5 Å². The summed E-state index contributed by atoms with van der Waals surface area (Å²) in [6, 6.07) is 0. The van der Waals surface area contributed by atoms with Crippen molar-refractivity contribution in [1.29, 1.82) is 0 Å². The molecule has 10 nitrogen and oxygen atoms in total. The number of aromatic nitrogens is 3. The molecular weight excluding hydrogens is 813 g/mol. The van der Waals surface area contributed by atoms with Gasteiger partial charge in [-0.25, -0.2) is 0 Å². The number of nitrogens with one attached hydrogen (secondary N) is 4. The van der Waals surface area contributed by atoms with Crippen molar-refractivity contribution < 1.29 is 28.7 Å². The van der Waals surface area contributed by atoms with Crippen LogP contribution >= 0.6 is 0 Å². The standard InChI is InChI=1S/C55H76N4O6/c1-12-38-35(8)42-27-43-36(9)40(23-24-48(61)65-26-25-34(7)22-16-21-33(6)20-15-19-32(5)18-14-17-31(3)4)52(58-43)50-51(55(63)64-11)54(62)49-37(10)44(59-53(49)50)28-46-39(13-2)41(30-60)47(57-46)29-45(38)56-42/h25,27-33,36,40,51,56-59H,12-24,26H2,1-11H3/b34-25+,43-27-,46-28-,47-29-,52-50-/t32-,33+,36+,40+,51-/m1/s1. The van der Waals surface area contributed by atoms with Crippen LogP contribution in [0.2, 0.25) is 0 Å². The second kappa shape index (κ2) is 21.9. The fraction of sp³-hybridized carbons (Fsp3) is 0.564. The summed E-state index contributed by atoms with van der Waals surface area (Å²) in [7, 11) is 1.31. The third-order valence-corrected chi connectivity index (χ3v) is 14.7. The van der Waals surface area contributed by atoms with Crippen molar-refractivity contribution in [3.63, 3.8) is 0 Å². The molecule has 1 saturated heterocycles. The summed E-state index contributed by atoms with van der Waals surface area (Å²) < 4.78 is 11.1. The molecule has 6 rings (SSSR count). The van der Waals surface area contributed by atoms with Gasteiger partial charge in [-0.15, -0.1) is 0 Å². The monoisotopic (exact) mass is 889 g/mol. The molecule has 2 aliphatic heterocycles. The predicted molar refractivity (Wildman–Crippen MR) is 262 cm³/mol. The Bertz CT molecular complexity index is 2470. The number of methoxy groups -OCH3 is 1. The van der Waals surface area contributed by atoms with Gasteiger partial charge in [0.1, 0.15) is 12.5 Å². The Morgan fingerprint density at radius 2 is 1.45 bits per heavy atom. The highest BCUT2D eigenvalue weighted by Gasteiger charge is 2.48. The van der Waals surface area contributed by atoms with E-state index in [2.05, 4.69) is 81.7 Å². The van der Waals surface area contributed by atoms with Crippen LogP contribution in [0.25, 0.3) is 23.8 Å². The number of Topliss-reactive ketones (excluding diaryl/α,β-unsaturated/α-hetero) is 1. The largest absolute Gasteiger partial charge is 0.468 e. The van der Waals surface area contributed by atoms with E-state index in [4.69, 9.17) is 9.47 Å². The second-order valence-corrected chi connectivity index (χ2v) is 19.8. The number of esters is 2. The molecule has 3 aromatic heterocycles. The number of ketones is 1. The maximum atomic E-state index is 14.4. The van der Waals surface area contributed by atoms with Gasteiger partial charge in [0.2, 0.25) is 0 Å². The van der Waals surface area contributed by atoms with E-state index >= 15 is 0 Å². The van der Waals surface area contributed by atoms with Crippen LogP contribution in [0.5, 0.6) is 0 Å². The van der Waals surface area contributed by atoms with Crippen molar-refractivity contribution in [2.45, 2.75) is 153 Å². The lowest BCUT2D eigenvalue weighted by atomic mass is 9.85. The lowest BCUT2D eigenvalue weighted by molar-refractivity contribution is -0.143. The zero-order chi connectivity index (χ0) is 47.1. The third-order valence-electron chi connectivity index (χ3n) is 14.7. The Balaban J connectivity index is 1.23. The molecule has 4 N–H and O–H groups in total. The van der Waals surface area contributed by atoms with E-state index in [0.717, 1.165) is 82.2 Å². The van der Waals surface area contributed by atoms with E-state index in [1.165, 1.54) is 57.6 Å². The number of carbonyl (C=O) groups is 4. The summed E-state index contributed by atoms with van der Waals surface area (Å²) in [6.45, 7) is 22.0. The molecule has 0 saturated carbocycles. The zero-order valence-corrected chi connectivity index (χ0v) is 41.2. The van der Waals surface area contributed by atoms with E-state index in [-0.39, 0.29) is 36.6 Å². The number of rotatable bonds is 21. The summed E-state index contributed by atoms with van der Waals surface area (Å²) in [5.41, 5.74) is 11.4. The van der Waals surface area contributed by atoms with E-state index in [1.807, 2.05) is 32.1 Å². The highest BCUT2D eigenvalue weighted by Crippen LogP contribution is 2.48. The van der Waals surface area contributed by atoms with Gasteiger partial charge in [0.05, 0.1) is 18.2 Å². The summed E-state index contributed by atoms with van der Waals surface area (Å²) in [6.07, 6.45) is 22.3. The number of allylic oxidation sites excluding steroid dienone is 3. The number of H-pyrrole nitrogens is 3. The van der Waals surface area contributed by atoms with Gasteiger partial charge in [-0.3, -0.25) is 19.2 Å². The third kappa shape index (κ3) is 11.0. The molecule has 1 aliphatic carbocycles. The zero-order valence-electron chi connectivity index (χ0n) is 41.2. The van der Waals surface area contributed by atoms with Crippen LogP contribution in [-0.4, -0.2) is 52.7 Å². The molecular formula is C55H76N4O6. The lowest BCUT2D eigenvalue weighted by Gasteiger charge is -2.19. The molecule has 10 heteroatoms. The SMILES string of the molecule is CCc1c2[nH]c(c1C)/C=C1\N/C(=C3\c4[nH]c(c(C)c4C(=O)[C@@H]3C(=O)OC)/C=c3\[nH]/c(c(C=O)c3CC)=C\2)[C@@H](CCC(=O)OC/C=C(\C)CCC[C@@H](C)CCC[C@H](C)CCCC(C)C)[C@@H]1C. The molecule has 3 aromatic rings. The first kappa shape index (κ1) is 49.3. The van der Waals surface area contributed by atoms with Crippen molar-refractivity contribution >= 4 is 47.8 Å². The van der Waals surface area contributed by atoms with Gasteiger partial charge in [0.25, 0.3) is 0 Å². The molecule has 8 bridgehead atoms. The van der Waals surface area contributed by atoms with Crippen molar-refractivity contribution in [2.75, 3.05) is 13.7 Å². The minimum Gasteiger partial charge on any atom is -0.468 e. The topological polar surface area (TPSA) is 146 Å². The summed E-state index contributed by atoms with van der Waals surface area (Å²) in [5.74, 6) is -0.445. The molecule has 3 aliphatic rings. The fourth-order valence-electron chi connectivity index (χ4n) is 10.6. The molecule has 0 aromatic carbocycles. The Hall–Kier alpha value is -5.12. The van der Waals surface area contributed by atoms with E-state index in [0.29, 0.717) is 57.8 Å². The van der Waals surface area contributed by atoms with Crippen LogP contribution in [0.3, 0.4) is 0 Å². The Morgan fingerprint density at radius 1 is 0.800 bits per heavy atom. The van der Waals surface area contributed by atoms with E-state index < -0.39 is 11.9 Å². The van der Waals surface area contributed by atoms with Gasteiger partial charge in [-0.2, -0.15) is 0 Å². The van der Waals surface area contributed by atoms with Gasteiger partial charge in [-0.1, -0.05) is 99.0 Å². The molecule has 5 atom stereocenters. The molecule has 0 unspecified atom stereocenters. The molecule has 1 fully saturated rings. The second-order valence-electron chi connectivity index (χ2n) is 19.8. The van der Waals surface area contributed by atoms with Crippen molar-refractivity contribution in [3.05, 3.63) is 89.9 Å². The quantitative estimate of drug-likeness (QED) is 0.0360.